The highest BCUT2D eigenvalue weighted by atomic mass is 35.5. The maximum absolute atomic E-state index is 12.9. The van der Waals surface area contributed by atoms with E-state index in [-0.39, 0.29) is 18.4 Å². The van der Waals surface area contributed by atoms with E-state index >= 15 is 0 Å². The van der Waals surface area contributed by atoms with E-state index in [2.05, 4.69) is 0 Å². The molecule has 0 bridgehead atoms. The van der Waals surface area contributed by atoms with Gasteiger partial charge in [-0.25, -0.2) is 0 Å². The highest BCUT2D eigenvalue weighted by Crippen LogP contribution is 2.31. The van der Waals surface area contributed by atoms with Crippen LogP contribution in [0.25, 0.3) is 0 Å². The van der Waals surface area contributed by atoms with Gasteiger partial charge in [0.1, 0.15) is 6.61 Å². The van der Waals surface area contributed by atoms with E-state index in [1.165, 1.54) is 0 Å². The molecule has 2 heterocycles. The minimum atomic E-state index is -0.667. The Balaban J connectivity index is 1.37. The summed E-state index contributed by atoms with van der Waals surface area (Å²) < 4.78 is 11.5. The summed E-state index contributed by atoms with van der Waals surface area (Å²) in [6, 6.07) is 12.8. The van der Waals surface area contributed by atoms with Gasteiger partial charge in [0.05, 0.1) is 10.6 Å². The molecule has 2 aliphatic heterocycles. The first kappa shape index (κ1) is 19.9. The van der Waals surface area contributed by atoms with Crippen LogP contribution in [0.3, 0.4) is 0 Å². The van der Waals surface area contributed by atoms with Crippen molar-refractivity contribution in [1.82, 2.24) is 9.80 Å². The number of nitrogens with zero attached hydrogens (tertiary/aromatic N) is 2. The maximum atomic E-state index is 12.9. The SMILES string of the molecule is CSc1ccc(Cl)c(C(=O)N2CCN(C(=O)C3COc4ccccc4O3)CC2)c1. The normalized spacial score (nSPS) is 18.5. The quantitative estimate of drug-likeness (QED) is 0.697. The Labute approximate surface area is 178 Å². The smallest absolute Gasteiger partial charge is 0.267 e. The number of hydrogen-bond donors (Lipinski definition) is 0. The lowest BCUT2D eigenvalue weighted by Gasteiger charge is -2.37. The molecule has 1 unspecified atom stereocenters. The molecule has 4 rings (SSSR count). The van der Waals surface area contributed by atoms with Gasteiger partial charge in [-0.2, -0.15) is 0 Å². The fourth-order valence-corrected chi connectivity index (χ4v) is 4.08. The molecule has 2 aromatic rings. The van der Waals surface area contributed by atoms with Crippen LogP contribution in [-0.2, 0) is 4.79 Å². The molecule has 1 atom stereocenters. The predicted molar refractivity (Wildman–Crippen MR) is 112 cm³/mol. The van der Waals surface area contributed by atoms with Gasteiger partial charge in [-0.3, -0.25) is 9.59 Å². The third-order valence-corrected chi connectivity index (χ3v) is 6.12. The lowest BCUT2D eigenvalue weighted by atomic mass is 10.1. The van der Waals surface area contributed by atoms with Gasteiger partial charge in [-0.15, -0.1) is 11.8 Å². The molecule has 0 spiro atoms. The molecule has 0 N–H and O–H groups in total. The summed E-state index contributed by atoms with van der Waals surface area (Å²) in [5, 5.41) is 0.442. The number of ether oxygens (including phenoxy) is 2. The topological polar surface area (TPSA) is 59.1 Å². The van der Waals surface area contributed by atoms with E-state index in [9.17, 15) is 9.59 Å². The average Bonchev–Trinajstić information content (AvgIpc) is 2.78. The number of benzene rings is 2. The van der Waals surface area contributed by atoms with Crippen LogP contribution in [0.2, 0.25) is 5.02 Å². The van der Waals surface area contributed by atoms with Crippen LogP contribution in [0.4, 0.5) is 0 Å². The van der Waals surface area contributed by atoms with Crippen LogP contribution < -0.4 is 9.47 Å². The predicted octanol–water partition coefficient (Wildman–Crippen LogP) is 3.19. The summed E-state index contributed by atoms with van der Waals surface area (Å²) in [6.45, 7) is 1.99. The van der Waals surface area contributed by atoms with E-state index < -0.39 is 6.10 Å². The highest BCUT2D eigenvalue weighted by molar-refractivity contribution is 7.98. The molecule has 1 saturated heterocycles. The van der Waals surface area contributed by atoms with Gasteiger partial charge in [-0.1, -0.05) is 23.7 Å². The van der Waals surface area contributed by atoms with Gasteiger partial charge in [0.2, 0.25) is 6.10 Å². The van der Waals surface area contributed by atoms with Crippen molar-refractivity contribution in [2.45, 2.75) is 11.0 Å². The molecular weight excluding hydrogens is 412 g/mol. The first-order chi connectivity index (χ1) is 14.1. The molecule has 0 saturated carbocycles. The van der Waals surface area contributed by atoms with E-state index in [1.54, 1.807) is 33.7 Å². The average molecular weight is 433 g/mol. The number of hydrogen-bond acceptors (Lipinski definition) is 5. The fraction of sp³-hybridized carbons (Fsp3) is 0.333. The van der Waals surface area contributed by atoms with Crippen molar-refractivity contribution in [3.05, 3.63) is 53.1 Å². The Hall–Kier alpha value is -2.38. The molecule has 1 fully saturated rings. The fourth-order valence-electron chi connectivity index (χ4n) is 3.44. The van der Waals surface area contributed by atoms with Crippen molar-refractivity contribution >= 4 is 35.2 Å². The van der Waals surface area contributed by atoms with Gasteiger partial charge >= 0.3 is 0 Å². The van der Waals surface area contributed by atoms with Crippen LogP contribution in [0.15, 0.2) is 47.4 Å². The number of amides is 2. The molecule has 0 radical (unpaired) electrons. The van der Waals surface area contributed by atoms with Crippen LogP contribution in [0, 0.1) is 0 Å². The first-order valence-electron chi connectivity index (χ1n) is 9.37. The molecule has 0 aliphatic carbocycles. The monoisotopic (exact) mass is 432 g/mol. The minimum Gasteiger partial charge on any atom is -0.485 e. The van der Waals surface area contributed by atoms with Crippen molar-refractivity contribution in [1.29, 1.82) is 0 Å². The highest BCUT2D eigenvalue weighted by Gasteiger charge is 2.33. The molecule has 2 aliphatic rings. The van der Waals surface area contributed by atoms with Crippen LogP contribution >= 0.6 is 23.4 Å². The minimum absolute atomic E-state index is 0.107. The number of piperazine rings is 1. The zero-order valence-corrected chi connectivity index (χ0v) is 17.5. The van der Waals surface area contributed by atoms with Crippen molar-refractivity contribution in [3.63, 3.8) is 0 Å². The molecule has 29 heavy (non-hydrogen) atoms. The molecular formula is C21H21ClN2O4S. The molecule has 2 aromatic carbocycles. The van der Waals surface area contributed by atoms with Gasteiger partial charge < -0.3 is 19.3 Å². The van der Waals surface area contributed by atoms with Crippen molar-refractivity contribution in [2.24, 2.45) is 0 Å². The van der Waals surface area contributed by atoms with Crippen molar-refractivity contribution in [2.75, 3.05) is 39.0 Å². The third kappa shape index (κ3) is 4.16. The lowest BCUT2D eigenvalue weighted by molar-refractivity contribution is -0.142. The van der Waals surface area contributed by atoms with Crippen molar-refractivity contribution < 1.29 is 19.1 Å². The number of carbonyl (C=O) groups excluding carboxylic acids is 2. The summed E-state index contributed by atoms with van der Waals surface area (Å²) in [4.78, 5) is 30.2. The van der Waals surface area contributed by atoms with Crippen LogP contribution in [0.5, 0.6) is 11.5 Å². The van der Waals surface area contributed by atoms with Crippen LogP contribution in [-0.4, -0.2) is 66.8 Å². The molecule has 8 heteroatoms. The zero-order chi connectivity index (χ0) is 20.4. The lowest BCUT2D eigenvalue weighted by Crippen LogP contribution is -2.55. The van der Waals surface area contributed by atoms with E-state index in [4.69, 9.17) is 21.1 Å². The van der Waals surface area contributed by atoms with Gasteiger partial charge in [0.15, 0.2) is 11.5 Å². The van der Waals surface area contributed by atoms with E-state index in [1.807, 2.05) is 36.6 Å². The van der Waals surface area contributed by atoms with Crippen molar-refractivity contribution in [3.8, 4) is 11.5 Å². The number of carbonyl (C=O) groups is 2. The number of para-hydroxylation sites is 2. The summed E-state index contributed by atoms with van der Waals surface area (Å²) in [6.07, 6.45) is 1.29. The second kappa shape index (κ2) is 8.55. The Morgan fingerprint density at radius 1 is 1.03 bits per heavy atom. The molecule has 2 amide bonds. The first-order valence-corrected chi connectivity index (χ1v) is 11.0. The Bertz CT molecular complexity index is 931. The van der Waals surface area contributed by atoms with Gasteiger partial charge in [0, 0.05) is 31.1 Å². The number of rotatable bonds is 3. The summed E-state index contributed by atoms with van der Waals surface area (Å²) in [5.74, 6) is 1.00. The van der Waals surface area contributed by atoms with Gasteiger partial charge in [0.25, 0.3) is 11.8 Å². The molecule has 6 nitrogen and oxygen atoms in total. The van der Waals surface area contributed by atoms with Gasteiger partial charge in [-0.05, 0) is 36.6 Å². The maximum Gasteiger partial charge on any atom is 0.267 e. The second-order valence-electron chi connectivity index (χ2n) is 6.83. The van der Waals surface area contributed by atoms with E-state index in [0.29, 0.717) is 48.3 Å². The number of fused-ring (bicyclic) bond motifs is 1. The van der Waals surface area contributed by atoms with Crippen LogP contribution in [0.1, 0.15) is 10.4 Å². The molecule has 0 aromatic heterocycles. The summed E-state index contributed by atoms with van der Waals surface area (Å²) >= 11 is 7.80. The number of thioether (sulfide) groups is 1. The molecule has 152 valence electrons. The Morgan fingerprint density at radius 2 is 1.72 bits per heavy atom. The summed E-state index contributed by atoms with van der Waals surface area (Å²) in [7, 11) is 0. The number of halogens is 1. The van der Waals surface area contributed by atoms with E-state index in [0.717, 1.165) is 4.90 Å². The third-order valence-electron chi connectivity index (χ3n) is 5.07. The zero-order valence-electron chi connectivity index (χ0n) is 16.0. The second-order valence-corrected chi connectivity index (χ2v) is 8.11. The Morgan fingerprint density at radius 3 is 2.45 bits per heavy atom. The largest absolute Gasteiger partial charge is 0.485 e. The standard InChI is InChI=1S/C21H21ClN2O4S/c1-29-14-6-7-16(22)15(12-14)20(25)23-8-10-24(11-9-23)21(26)19-13-27-17-4-2-3-5-18(17)28-19/h2-7,12,19H,8-11,13H2,1H3. The Kier molecular flexibility index (Phi) is 5.87. The summed E-state index contributed by atoms with van der Waals surface area (Å²) in [5.41, 5.74) is 0.499.